The lowest BCUT2D eigenvalue weighted by molar-refractivity contribution is 1.30. The summed E-state index contributed by atoms with van der Waals surface area (Å²) in [5.41, 5.74) is 7.79. The van der Waals surface area contributed by atoms with Crippen LogP contribution in [0, 0.1) is 20.8 Å². The topological polar surface area (TPSA) is 12.0 Å². The maximum Gasteiger partial charge on any atom is 0.0343 e. The van der Waals surface area contributed by atoms with Gasteiger partial charge in [-0.15, -0.1) is 0 Å². The van der Waals surface area contributed by atoms with Gasteiger partial charge in [-0.25, -0.2) is 0 Å². The van der Waals surface area contributed by atoms with Crippen LogP contribution in [0.3, 0.4) is 0 Å². The van der Waals surface area contributed by atoms with Crippen molar-refractivity contribution < 1.29 is 0 Å². The van der Waals surface area contributed by atoms with Gasteiger partial charge in [-0.05, 0) is 60.7 Å². The van der Waals surface area contributed by atoms with E-state index in [-0.39, 0.29) is 0 Å². The number of benzene rings is 2. The second kappa shape index (κ2) is 4.62. The third-order valence-electron chi connectivity index (χ3n) is 3.30. The molecule has 0 saturated carbocycles. The molecule has 1 nitrogen and oxygen atoms in total. The first-order chi connectivity index (χ1) is 8.11. The standard InChI is InChI=1S/C16H19N/c1-11-8-13(3)16(9-12(11)2)14-6-5-7-15(10-14)17-4/h5-10,17H,1-4H3. The molecule has 0 radical (unpaired) electrons. The van der Waals surface area contributed by atoms with Crippen LogP contribution in [0.4, 0.5) is 5.69 Å². The van der Waals surface area contributed by atoms with Gasteiger partial charge in [0.1, 0.15) is 0 Å². The van der Waals surface area contributed by atoms with Crippen LogP contribution in [-0.4, -0.2) is 7.05 Å². The van der Waals surface area contributed by atoms with Crippen LogP contribution in [0.25, 0.3) is 11.1 Å². The highest BCUT2D eigenvalue weighted by Crippen LogP contribution is 2.28. The summed E-state index contributed by atoms with van der Waals surface area (Å²) in [5, 5.41) is 3.18. The molecule has 0 aliphatic rings. The highest BCUT2D eigenvalue weighted by atomic mass is 14.8. The Bertz CT molecular complexity index is 541. The summed E-state index contributed by atoms with van der Waals surface area (Å²) in [7, 11) is 1.95. The van der Waals surface area contributed by atoms with Crippen molar-refractivity contribution in [2.75, 3.05) is 12.4 Å². The van der Waals surface area contributed by atoms with E-state index in [1.54, 1.807) is 0 Å². The molecule has 0 aliphatic heterocycles. The average molecular weight is 225 g/mol. The van der Waals surface area contributed by atoms with Crippen molar-refractivity contribution in [3.63, 3.8) is 0 Å². The molecule has 0 amide bonds. The maximum atomic E-state index is 3.18. The molecular formula is C16H19N. The Kier molecular flexibility index (Phi) is 3.19. The SMILES string of the molecule is CNc1cccc(-c2cc(C)c(C)cc2C)c1. The molecule has 2 rings (SSSR count). The average Bonchev–Trinajstić information content (AvgIpc) is 2.34. The molecule has 0 saturated heterocycles. The fraction of sp³-hybridized carbons (Fsp3) is 0.250. The van der Waals surface area contributed by atoms with Crippen molar-refractivity contribution in [3.8, 4) is 11.1 Å². The lowest BCUT2D eigenvalue weighted by atomic mass is 9.95. The molecule has 1 N–H and O–H groups in total. The summed E-state index contributed by atoms with van der Waals surface area (Å²) in [6.07, 6.45) is 0. The molecule has 0 atom stereocenters. The maximum absolute atomic E-state index is 3.18. The number of rotatable bonds is 2. The quantitative estimate of drug-likeness (QED) is 0.802. The molecule has 0 heterocycles. The second-order valence-corrected chi connectivity index (χ2v) is 4.58. The summed E-state index contributed by atoms with van der Waals surface area (Å²) in [5.74, 6) is 0. The van der Waals surface area contributed by atoms with Gasteiger partial charge in [0.15, 0.2) is 0 Å². The zero-order valence-corrected chi connectivity index (χ0v) is 11.0. The van der Waals surface area contributed by atoms with Gasteiger partial charge in [0.25, 0.3) is 0 Å². The predicted octanol–water partition coefficient (Wildman–Crippen LogP) is 4.32. The van der Waals surface area contributed by atoms with E-state index in [2.05, 4.69) is 62.5 Å². The first-order valence-electron chi connectivity index (χ1n) is 5.98. The Morgan fingerprint density at radius 3 is 2.24 bits per heavy atom. The van der Waals surface area contributed by atoms with Crippen molar-refractivity contribution in [2.24, 2.45) is 0 Å². The van der Waals surface area contributed by atoms with E-state index in [0.29, 0.717) is 0 Å². The van der Waals surface area contributed by atoms with Crippen LogP contribution in [0.1, 0.15) is 16.7 Å². The lowest BCUT2D eigenvalue weighted by Gasteiger charge is -2.11. The number of nitrogens with one attached hydrogen (secondary N) is 1. The highest BCUT2D eigenvalue weighted by molar-refractivity contribution is 5.72. The minimum absolute atomic E-state index is 1.15. The van der Waals surface area contributed by atoms with Gasteiger partial charge in [0.05, 0.1) is 0 Å². The van der Waals surface area contributed by atoms with E-state index >= 15 is 0 Å². The summed E-state index contributed by atoms with van der Waals surface area (Å²) >= 11 is 0. The summed E-state index contributed by atoms with van der Waals surface area (Å²) in [4.78, 5) is 0. The molecule has 0 aliphatic carbocycles. The summed E-state index contributed by atoms with van der Waals surface area (Å²) in [6.45, 7) is 6.50. The Balaban J connectivity index is 2.56. The van der Waals surface area contributed by atoms with Gasteiger partial charge < -0.3 is 5.32 Å². The molecule has 0 bridgehead atoms. The van der Waals surface area contributed by atoms with E-state index in [4.69, 9.17) is 0 Å². The highest BCUT2D eigenvalue weighted by Gasteiger charge is 2.04. The van der Waals surface area contributed by atoms with Crippen LogP contribution in [-0.2, 0) is 0 Å². The van der Waals surface area contributed by atoms with Crippen LogP contribution < -0.4 is 5.32 Å². The number of aryl methyl sites for hydroxylation is 3. The smallest absolute Gasteiger partial charge is 0.0343 e. The monoisotopic (exact) mass is 225 g/mol. The van der Waals surface area contributed by atoms with E-state index in [9.17, 15) is 0 Å². The van der Waals surface area contributed by atoms with Gasteiger partial charge in [0, 0.05) is 12.7 Å². The lowest BCUT2D eigenvalue weighted by Crippen LogP contribution is -1.91. The number of hydrogen-bond donors (Lipinski definition) is 1. The van der Waals surface area contributed by atoms with E-state index < -0.39 is 0 Å². The van der Waals surface area contributed by atoms with Gasteiger partial charge in [-0.1, -0.05) is 24.3 Å². The molecular weight excluding hydrogens is 206 g/mol. The second-order valence-electron chi connectivity index (χ2n) is 4.58. The summed E-state index contributed by atoms with van der Waals surface area (Å²) in [6, 6.07) is 13.1. The third kappa shape index (κ3) is 2.33. The summed E-state index contributed by atoms with van der Waals surface area (Å²) < 4.78 is 0. The first kappa shape index (κ1) is 11.7. The van der Waals surface area contributed by atoms with Crippen LogP contribution in [0.5, 0.6) is 0 Å². The van der Waals surface area contributed by atoms with Gasteiger partial charge >= 0.3 is 0 Å². The number of anilines is 1. The molecule has 1 heteroatoms. The minimum atomic E-state index is 1.15. The van der Waals surface area contributed by atoms with Gasteiger partial charge in [-0.2, -0.15) is 0 Å². The molecule has 17 heavy (non-hydrogen) atoms. The minimum Gasteiger partial charge on any atom is -0.388 e. The molecule has 88 valence electrons. The van der Waals surface area contributed by atoms with Gasteiger partial charge in [0.2, 0.25) is 0 Å². The van der Waals surface area contributed by atoms with Crippen LogP contribution in [0.2, 0.25) is 0 Å². The molecule has 2 aromatic carbocycles. The molecule has 0 fully saturated rings. The van der Waals surface area contributed by atoms with E-state index in [1.807, 2.05) is 7.05 Å². The normalized spacial score (nSPS) is 10.4. The van der Waals surface area contributed by atoms with Crippen LogP contribution in [0.15, 0.2) is 36.4 Å². The van der Waals surface area contributed by atoms with Crippen molar-refractivity contribution in [1.29, 1.82) is 0 Å². The Morgan fingerprint density at radius 2 is 1.53 bits per heavy atom. The van der Waals surface area contributed by atoms with E-state index in [1.165, 1.54) is 27.8 Å². The molecule has 0 spiro atoms. The zero-order chi connectivity index (χ0) is 12.4. The Morgan fingerprint density at radius 1 is 0.824 bits per heavy atom. The fourth-order valence-electron chi connectivity index (χ4n) is 2.11. The van der Waals surface area contributed by atoms with Crippen molar-refractivity contribution in [3.05, 3.63) is 53.1 Å². The fourth-order valence-corrected chi connectivity index (χ4v) is 2.11. The molecule has 0 aromatic heterocycles. The van der Waals surface area contributed by atoms with Crippen molar-refractivity contribution in [1.82, 2.24) is 0 Å². The van der Waals surface area contributed by atoms with Crippen molar-refractivity contribution >= 4 is 5.69 Å². The largest absolute Gasteiger partial charge is 0.388 e. The predicted molar refractivity (Wildman–Crippen MR) is 75.6 cm³/mol. The zero-order valence-electron chi connectivity index (χ0n) is 11.0. The first-order valence-corrected chi connectivity index (χ1v) is 5.98. The third-order valence-corrected chi connectivity index (χ3v) is 3.30. The van der Waals surface area contributed by atoms with Crippen molar-refractivity contribution in [2.45, 2.75) is 20.8 Å². The molecule has 2 aromatic rings. The number of hydrogen-bond acceptors (Lipinski definition) is 1. The Hall–Kier alpha value is -1.76. The molecule has 0 unspecified atom stereocenters. The Labute approximate surface area is 103 Å². The van der Waals surface area contributed by atoms with Crippen LogP contribution >= 0.6 is 0 Å². The van der Waals surface area contributed by atoms with E-state index in [0.717, 1.165) is 5.69 Å². The van der Waals surface area contributed by atoms with Gasteiger partial charge in [-0.3, -0.25) is 0 Å².